The van der Waals surface area contributed by atoms with Crippen molar-refractivity contribution < 1.29 is 36.2 Å². The third kappa shape index (κ3) is 5.07. The van der Waals surface area contributed by atoms with Crippen LogP contribution in [0.15, 0.2) is 41.6 Å². The van der Waals surface area contributed by atoms with E-state index in [0.717, 1.165) is 36.7 Å². The molecule has 1 heterocycles. The first-order chi connectivity index (χ1) is 11.5. The molecule has 11 heteroatoms. The molecule has 0 amide bonds. The molecule has 0 unspecified atom stereocenters. The van der Waals surface area contributed by atoms with Crippen LogP contribution in [-0.4, -0.2) is 30.8 Å². The van der Waals surface area contributed by atoms with E-state index in [0.29, 0.717) is 0 Å². The summed E-state index contributed by atoms with van der Waals surface area (Å²) in [7, 11) is -4.32. The summed E-state index contributed by atoms with van der Waals surface area (Å²) < 4.78 is 66.0. The standard InChI is InChI=1S/C14H9ClF3NO5S/c15-10-1-2-11(24-14(16,17)18)12(4-10)25(22,23)7-8-3-9(13(20)21)6-19-5-8/h1-6H,7H2,(H,20,21). The van der Waals surface area contributed by atoms with Crippen LogP contribution in [0, 0.1) is 0 Å². The molecule has 1 N–H and O–H groups in total. The molecule has 0 aliphatic carbocycles. The van der Waals surface area contributed by atoms with Gasteiger partial charge in [-0.05, 0) is 29.8 Å². The van der Waals surface area contributed by atoms with Gasteiger partial charge in [-0.15, -0.1) is 13.2 Å². The second kappa shape index (κ2) is 6.89. The Bertz CT molecular complexity index is 915. The Hall–Kier alpha value is -2.33. The van der Waals surface area contributed by atoms with Gasteiger partial charge in [0.1, 0.15) is 10.6 Å². The lowest BCUT2D eigenvalue weighted by Crippen LogP contribution is -2.19. The highest BCUT2D eigenvalue weighted by Crippen LogP contribution is 2.33. The molecular weight excluding hydrogens is 387 g/mol. The van der Waals surface area contributed by atoms with Crippen molar-refractivity contribution >= 4 is 27.4 Å². The molecule has 0 aliphatic heterocycles. The highest BCUT2D eigenvalue weighted by Gasteiger charge is 2.34. The molecule has 0 saturated carbocycles. The lowest BCUT2D eigenvalue weighted by atomic mass is 10.2. The van der Waals surface area contributed by atoms with Crippen molar-refractivity contribution in [3.8, 4) is 5.75 Å². The number of rotatable bonds is 5. The average Bonchev–Trinajstić information content (AvgIpc) is 2.47. The average molecular weight is 396 g/mol. The van der Waals surface area contributed by atoms with Gasteiger partial charge in [0, 0.05) is 17.4 Å². The molecule has 0 spiro atoms. The molecule has 2 rings (SSSR count). The van der Waals surface area contributed by atoms with Crippen molar-refractivity contribution in [3.05, 3.63) is 52.8 Å². The van der Waals surface area contributed by atoms with Gasteiger partial charge in [-0.25, -0.2) is 13.2 Å². The number of carboxylic acids is 1. The molecule has 0 bridgehead atoms. The van der Waals surface area contributed by atoms with E-state index in [4.69, 9.17) is 16.7 Å². The largest absolute Gasteiger partial charge is 0.573 e. The number of hydrogen-bond acceptors (Lipinski definition) is 5. The molecule has 6 nitrogen and oxygen atoms in total. The van der Waals surface area contributed by atoms with Crippen LogP contribution in [0.2, 0.25) is 5.02 Å². The molecule has 2 aromatic rings. The van der Waals surface area contributed by atoms with E-state index in [1.807, 2.05) is 0 Å². The van der Waals surface area contributed by atoms with Crippen LogP contribution in [0.4, 0.5) is 13.2 Å². The number of alkyl halides is 3. The van der Waals surface area contributed by atoms with Gasteiger partial charge in [-0.2, -0.15) is 0 Å². The SMILES string of the molecule is O=C(O)c1cncc(CS(=O)(=O)c2cc(Cl)ccc2OC(F)(F)F)c1. The third-order valence-corrected chi connectivity index (χ3v) is 4.80. The number of benzene rings is 1. The summed E-state index contributed by atoms with van der Waals surface area (Å²) in [5, 5.41) is 8.77. The summed E-state index contributed by atoms with van der Waals surface area (Å²) in [4.78, 5) is 13.7. The summed E-state index contributed by atoms with van der Waals surface area (Å²) in [5.41, 5.74) is -0.275. The number of aromatic carboxylic acids is 1. The fourth-order valence-electron chi connectivity index (χ4n) is 1.91. The van der Waals surface area contributed by atoms with Crippen molar-refractivity contribution in [2.45, 2.75) is 17.0 Å². The maximum atomic E-state index is 12.5. The number of carbonyl (C=O) groups is 1. The zero-order chi connectivity index (χ0) is 18.8. The first kappa shape index (κ1) is 19.0. The van der Waals surface area contributed by atoms with E-state index in [9.17, 15) is 26.4 Å². The Morgan fingerprint density at radius 3 is 2.52 bits per heavy atom. The number of hydrogen-bond donors (Lipinski definition) is 1. The monoisotopic (exact) mass is 395 g/mol. The zero-order valence-electron chi connectivity index (χ0n) is 12.1. The molecule has 1 aromatic carbocycles. The molecule has 0 radical (unpaired) electrons. The number of carboxylic acid groups (broad SMARTS) is 1. The van der Waals surface area contributed by atoms with Crippen molar-refractivity contribution in [1.82, 2.24) is 4.98 Å². The minimum atomic E-state index is -5.09. The van der Waals surface area contributed by atoms with Crippen molar-refractivity contribution in [2.24, 2.45) is 0 Å². The van der Waals surface area contributed by atoms with Crippen molar-refractivity contribution in [3.63, 3.8) is 0 Å². The van der Waals surface area contributed by atoms with Gasteiger partial charge in [0.05, 0.1) is 11.3 Å². The predicted octanol–water partition coefficient (Wildman–Crippen LogP) is 3.31. The quantitative estimate of drug-likeness (QED) is 0.834. The van der Waals surface area contributed by atoms with E-state index < -0.39 is 38.6 Å². The predicted molar refractivity (Wildman–Crippen MR) is 80.2 cm³/mol. The number of sulfone groups is 1. The lowest BCUT2D eigenvalue weighted by Gasteiger charge is -2.14. The van der Waals surface area contributed by atoms with Gasteiger partial charge in [-0.1, -0.05) is 11.6 Å². The molecule has 0 saturated heterocycles. The Labute approximate surface area is 144 Å². The van der Waals surface area contributed by atoms with Gasteiger partial charge < -0.3 is 9.84 Å². The number of pyridine rings is 1. The second-order valence-electron chi connectivity index (χ2n) is 4.78. The first-order valence-electron chi connectivity index (χ1n) is 6.43. The van der Waals surface area contributed by atoms with Crippen LogP contribution in [0.3, 0.4) is 0 Å². The van der Waals surface area contributed by atoms with Crippen molar-refractivity contribution in [2.75, 3.05) is 0 Å². The van der Waals surface area contributed by atoms with Gasteiger partial charge in [0.25, 0.3) is 0 Å². The minimum absolute atomic E-state index is 0.0159. The van der Waals surface area contributed by atoms with Crippen LogP contribution in [0.25, 0.3) is 0 Å². The number of aromatic nitrogens is 1. The smallest absolute Gasteiger partial charge is 0.478 e. The Morgan fingerprint density at radius 2 is 1.92 bits per heavy atom. The fourth-order valence-corrected chi connectivity index (χ4v) is 3.63. The summed E-state index contributed by atoms with van der Waals surface area (Å²) in [6, 6.07) is 3.72. The lowest BCUT2D eigenvalue weighted by molar-refractivity contribution is -0.275. The summed E-state index contributed by atoms with van der Waals surface area (Å²) in [6.45, 7) is 0. The van der Waals surface area contributed by atoms with Gasteiger partial charge in [-0.3, -0.25) is 4.98 Å². The van der Waals surface area contributed by atoms with Gasteiger partial charge in [0.15, 0.2) is 9.84 Å². The molecule has 1 aromatic heterocycles. The van der Waals surface area contributed by atoms with E-state index in [1.54, 1.807) is 0 Å². The zero-order valence-corrected chi connectivity index (χ0v) is 13.7. The van der Waals surface area contributed by atoms with Crippen LogP contribution >= 0.6 is 11.6 Å². The van der Waals surface area contributed by atoms with Gasteiger partial charge >= 0.3 is 12.3 Å². The normalized spacial score (nSPS) is 12.0. The highest BCUT2D eigenvalue weighted by molar-refractivity contribution is 7.90. The molecule has 134 valence electrons. The van der Waals surface area contributed by atoms with E-state index in [2.05, 4.69) is 9.72 Å². The minimum Gasteiger partial charge on any atom is -0.478 e. The van der Waals surface area contributed by atoms with Crippen LogP contribution in [0.1, 0.15) is 15.9 Å². The van der Waals surface area contributed by atoms with Crippen molar-refractivity contribution in [1.29, 1.82) is 0 Å². The van der Waals surface area contributed by atoms with E-state index in [-0.39, 0.29) is 16.1 Å². The Morgan fingerprint density at radius 1 is 1.24 bits per heavy atom. The summed E-state index contributed by atoms with van der Waals surface area (Å²) in [5.74, 6) is -3.04. The van der Waals surface area contributed by atoms with E-state index in [1.165, 1.54) is 0 Å². The Balaban J connectivity index is 2.44. The fraction of sp³-hybridized carbons (Fsp3) is 0.143. The highest BCUT2D eigenvalue weighted by atomic mass is 35.5. The maximum absolute atomic E-state index is 12.5. The number of nitrogens with zero attached hydrogens (tertiary/aromatic N) is 1. The second-order valence-corrected chi connectivity index (χ2v) is 7.18. The summed E-state index contributed by atoms with van der Waals surface area (Å²) in [6.07, 6.45) is -2.99. The van der Waals surface area contributed by atoms with Crippen LogP contribution in [-0.2, 0) is 15.6 Å². The topological polar surface area (TPSA) is 93.6 Å². The van der Waals surface area contributed by atoms with E-state index >= 15 is 0 Å². The number of ether oxygens (including phenoxy) is 1. The molecule has 0 aliphatic rings. The third-order valence-electron chi connectivity index (χ3n) is 2.87. The van der Waals surface area contributed by atoms with Crippen LogP contribution < -0.4 is 4.74 Å². The van der Waals surface area contributed by atoms with Crippen LogP contribution in [0.5, 0.6) is 5.75 Å². The number of halogens is 4. The van der Waals surface area contributed by atoms with Gasteiger partial charge in [0.2, 0.25) is 0 Å². The molecular formula is C14H9ClF3NO5S. The molecule has 0 fully saturated rings. The Kier molecular flexibility index (Phi) is 5.23. The molecule has 0 atom stereocenters. The maximum Gasteiger partial charge on any atom is 0.573 e. The summed E-state index contributed by atoms with van der Waals surface area (Å²) >= 11 is 5.67. The molecule has 25 heavy (non-hydrogen) atoms. The first-order valence-corrected chi connectivity index (χ1v) is 8.46.